The zero-order chi connectivity index (χ0) is 43.1. The summed E-state index contributed by atoms with van der Waals surface area (Å²) in [5, 5.41) is 9.90. The van der Waals surface area contributed by atoms with Crippen molar-refractivity contribution in [2.24, 2.45) is 0 Å². The first kappa shape index (κ1) is 38.2. The van der Waals surface area contributed by atoms with Crippen molar-refractivity contribution in [2.75, 3.05) is 4.90 Å². The van der Waals surface area contributed by atoms with E-state index in [2.05, 4.69) is 266 Å². The molecule has 0 saturated carbocycles. The Balaban J connectivity index is 1.13. The summed E-state index contributed by atoms with van der Waals surface area (Å²) in [5.41, 5.74) is 15.2. The Kier molecular flexibility index (Phi) is 9.58. The summed E-state index contributed by atoms with van der Waals surface area (Å²) in [7, 11) is 0. The molecule has 0 heterocycles. The summed E-state index contributed by atoms with van der Waals surface area (Å²) in [6.07, 6.45) is 0. The molecule has 0 radical (unpaired) electrons. The molecule has 1 heteroatoms. The Morgan fingerprint density at radius 2 is 0.631 bits per heavy atom. The second-order valence-corrected chi connectivity index (χ2v) is 16.8. The van der Waals surface area contributed by atoms with Crippen LogP contribution in [0.25, 0.3) is 98.7 Å². The molecular weight excluding hydrogens is 783 g/mol. The highest BCUT2D eigenvalue weighted by atomic mass is 15.1. The van der Waals surface area contributed by atoms with Gasteiger partial charge in [0.15, 0.2) is 0 Å². The summed E-state index contributed by atoms with van der Waals surface area (Å²) in [6.45, 7) is 0. The van der Waals surface area contributed by atoms with Gasteiger partial charge in [0, 0.05) is 16.8 Å². The number of nitrogens with zero attached hydrogens (tertiary/aromatic N) is 1. The van der Waals surface area contributed by atoms with Gasteiger partial charge in [-0.3, -0.25) is 0 Å². The predicted octanol–water partition coefficient (Wildman–Crippen LogP) is 18.1. The van der Waals surface area contributed by atoms with Crippen LogP contribution in [-0.4, -0.2) is 0 Å². The standard InChI is InChI=1S/C64H43N/c1-3-19-44(20-4-1)53-34-14-24-47-26-16-37-59(63(47)53)57-31-9-11-39-61(57)65(50-29-13-28-49(43-50)52-33-18-36-55-51-30-8-7-23-46(51)41-42-56(52)55)62-40-12-10-32-58(62)60-38-17-27-48-25-15-35-54(64(48)60)45-21-5-2-6-22-45/h1-43H. The predicted molar refractivity (Wildman–Crippen MR) is 278 cm³/mol. The molecular formula is C64H43N. The third kappa shape index (κ3) is 6.74. The Morgan fingerprint density at radius 1 is 0.215 bits per heavy atom. The van der Waals surface area contributed by atoms with Crippen LogP contribution < -0.4 is 4.90 Å². The fourth-order valence-corrected chi connectivity index (χ4v) is 10.2. The van der Waals surface area contributed by atoms with Crippen molar-refractivity contribution >= 4 is 60.2 Å². The third-order valence-electron chi connectivity index (χ3n) is 13.1. The number of hydrogen-bond donors (Lipinski definition) is 0. The molecule has 0 aliphatic carbocycles. The van der Waals surface area contributed by atoms with Crippen LogP contribution in [0, 0.1) is 0 Å². The van der Waals surface area contributed by atoms with Gasteiger partial charge in [0.05, 0.1) is 11.4 Å². The van der Waals surface area contributed by atoms with Crippen LogP contribution in [0.15, 0.2) is 261 Å². The van der Waals surface area contributed by atoms with Crippen molar-refractivity contribution in [2.45, 2.75) is 0 Å². The van der Waals surface area contributed by atoms with E-state index in [1.165, 1.54) is 82.0 Å². The average molecular weight is 826 g/mol. The minimum absolute atomic E-state index is 1.08. The molecule has 12 aromatic carbocycles. The van der Waals surface area contributed by atoms with E-state index in [0.717, 1.165) is 33.8 Å². The lowest BCUT2D eigenvalue weighted by atomic mass is 9.89. The zero-order valence-electron chi connectivity index (χ0n) is 35.8. The highest BCUT2D eigenvalue weighted by Gasteiger charge is 2.24. The molecule has 0 aliphatic rings. The van der Waals surface area contributed by atoms with Gasteiger partial charge in [0.2, 0.25) is 0 Å². The SMILES string of the molecule is c1ccc(-c2cccc3cccc(-c4ccccc4N(c4cccc(-c5cccc6c5ccc5ccccc56)c4)c4ccccc4-c4cccc5cccc(-c6ccccc6)c45)c23)cc1. The van der Waals surface area contributed by atoms with Gasteiger partial charge in [0.25, 0.3) is 0 Å². The van der Waals surface area contributed by atoms with E-state index < -0.39 is 0 Å². The van der Waals surface area contributed by atoms with Gasteiger partial charge in [-0.25, -0.2) is 0 Å². The molecule has 0 bridgehead atoms. The van der Waals surface area contributed by atoms with E-state index in [-0.39, 0.29) is 0 Å². The third-order valence-corrected chi connectivity index (χ3v) is 13.1. The van der Waals surface area contributed by atoms with Gasteiger partial charge in [-0.2, -0.15) is 0 Å². The molecule has 0 atom stereocenters. The van der Waals surface area contributed by atoms with Crippen LogP contribution >= 0.6 is 0 Å². The van der Waals surface area contributed by atoms with E-state index in [9.17, 15) is 0 Å². The highest BCUT2D eigenvalue weighted by Crippen LogP contribution is 2.49. The summed E-state index contributed by atoms with van der Waals surface area (Å²) >= 11 is 0. The first-order chi connectivity index (χ1) is 32.3. The summed E-state index contributed by atoms with van der Waals surface area (Å²) in [6, 6.07) is 95.4. The molecule has 0 N–H and O–H groups in total. The minimum atomic E-state index is 1.08. The molecule has 0 spiro atoms. The Hall–Kier alpha value is -8.52. The molecule has 0 fully saturated rings. The fourth-order valence-electron chi connectivity index (χ4n) is 10.2. The Labute approximate surface area is 379 Å². The molecule has 0 aliphatic heterocycles. The van der Waals surface area contributed by atoms with Crippen molar-refractivity contribution in [3.63, 3.8) is 0 Å². The van der Waals surface area contributed by atoms with Gasteiger partial charge in [0.1, 0.15) is 0 Å². The molecule has 12 rings (SSSR count). The van der Waals surface area contributed by atoms with E-state index in [4.69, 9.17) is 0 Å². The van der Waals surface area contributed by atoms with E-state index in [1.54, 1.807) is 0 Å². The van der Waals surface area contributed by atoms with Crippen LogP contribution in [0.1, 0.15) is 0 Å². The monoisotopic (exact) mass is 825 g/mol. The van der Waals surface area contributed by atoms with Gasteiger partial charge in [-0.1, -0.05) is 237 Å². The van der Waals surface area contributed by atoms with Crippen LogP contribution in [0.4, 0.5) is 17.1 Å². The van der Waals surface area contributed by atoms with Crippen molar-refractivity contribution in [3.8, 4) is 55.6 Å². The number of para-hydroxylation sites is 2. The fraction of sp³-hybridized carbons (Fsp3) is 0. The smallest absolute Gasteiger partial charge is 0.0540 e. The second kappa shape index (κ2) is 16.3. The minimum Gasteiger partial charge on any atom is -0.309 e. The number of anilines is 3. The van der Waals surface area contributed by atoms with Gasteiger partial charge in [-0.15, -0.1) is 0 Å². The largest absolute Gasteiger partial charge is 0.309 e. The number of hydrogen-bond acceptors (Lipinski definition) is 1. The van der Waals surface area contributed by atoms with Crippen molar-refractivity contribution in [3.05, 3.63) is 261 Å². The first-order valence-electron chi connectivity index (χ1n) is 22.4. The van der Waals surface area contributed by atoms with Crippen molar-refractivity contribution in [1.82, 2.24) is 0 Å². The van der Waals surface area contributed by atoms with Crippen LogP contribution in [-0.2, 0) is 0 Å². The van der Waals surface area contributed by atoms with Crippen LogP contribution in [0.2, 0.25) is 0 Å². The lowest BCUT2D eigenvalue weighted by Gasteiger charge is -2.31. The van der Waals surface area contributed by atoms with Crippen molar-refractivity contribution < 1.29 is 0 Å². The maximum absolute atomic E-state index is 2.50. The zero-order valence-corrected chi connectivity index (χ0v) is 35.8. The molecule has 0 unspecified atom stereocenters. The highest BCUT2D eigenvalue weighted by molar-refractivity contribution is 6.14. The van der Waals surface area contributed by atoms with Crippen molar-refractivity contribution in [1.29, 1.82) is 0 Å². The number of benzene rings is 12. The topological polar surface area (TPSA) is 3.24 Å². The molecule has 65 heavy (non-hydrogen) atoms. The molecule has 0 aromatic heterocycles. The maximum atomic E-state index is 2.50. The quantitative estimate of drug-likeness (QED) is 0.138. The van der Waals surface area contributed by atoms with E-state index in [1.807, 2.05) is 0 Å². The Morgan fingerprint density at radius 3 is 1.23 bits per heavy atom. The molecule has 304 valence electrons. The van der Waals surface area contributed by atoms with Gasteiger partial charge < -0.3 is 4.90 Å². The molecule has 0 amide bonds. The normalized spacial score (nSPS) is 11.4. The average Bonchev–Trinajstić information content (AvgIpc) is 3.39. The molecule has 1 nitrogen and oxygen atoms in total. The first-order valence-corrected chi connectivity index (χ1v) is 22.4. The maximum Gasteiger partial charge on any atom is 0.0540 e. The molecule has 12 aromatic rings. The van der Waals surface area contributed by atoms with Crippen LogP contribution in [0.5, 0.6) is 0 Å². The lowest BCUT2D eigenvalue weighted by Crippen LogP contribution is -2.12. The Bertz CT molecular complexity index is 3540. The second-order valence-electron chi connectivity index (χ2n) is 16.8. The van der Waals surface area contributed by atoms with E-state index in [0.29, 0.717) is 0 Å². The summed E-state index contributed by atoms with van der Waals surface area (Å²) in [4.78, 5) is 2.50. The van der Waals surface area contributed by atoms with E-state index >= 15 is 0 Å². The number of rotatable bonds is 8. The summed E-state index contributed by atoms with van der Waals surface area (Å²) in [5.74, 6) is 0. The molecule has 0 saturated heterocycles. The summed E-state index contributed by atoms with van der Waals surface area (Å²) < 4.78 is 0. The number of fused-ring (bicyclic) bond motifs is 5. The van der Waals surface area contributed by atoms with Crippen LogP contribution in [0.3, 0.4) is 0 Å². The van der Waals surface area contributed by atoms with Gasteiger partial charge >= 0.3 is 0 Å². The lowest BCUT2D eigenvalue weighted by molar-refractivity contribution is 1.29. The van der Waals surface area contributed by atoms with Gasteiger partial charge in [-0.05, 0) is 112 Å².